The van der Waals surface area contributed by atoms with E-state index in [1.165, 1.54) is 19.2 Å². The van der Waals surface area contributed by atoms with Crippen molar-refractivity contribution in [1.82, 2.24) is 4.90 Å². The van der Waals surface area contributed by atoms with Crippen molar-refractivity contribution in [2.24, 2.45) is 5.92 Å². The minimum absolute atomic E-state index is 0.0207. The van der Waals surface area contributed by atoms with E-state index in [1.54, 1.807) is 12.1 Å². The molecule has 0 radical (unpaired) electrons. The van der Waals surface area contributed by atoms with Gasteiger partial charge in [-0.25, -0.2) is 4.39 Å². The van der Waals surface area contributed by atoms with E-state index in [4.69, 9.17) is 4.74 Å². The molecule has 0 aromatic heterocycles. The van der Waals surface area contributed by atoms with Crippen LogP contribution in [0.4, 0.5) is 10.1 Å². The van der Waals surface area contributed by atoms with E-state index in [2.05, 4.69) is 10.2 Å². The van der Waals surface area contributed by atoms with Crippen LogP contribution in [0, 0.1) is 11.7 Å². The Morgan fingerprint density at radius 2 is 1.78 bits per heavy atom. The Balaban J connectivity index is 1.33. The first kappa shape index (κ1) is 21.8. The van der Waals surface area contributed by atoms with Gasteiger partial charge in [0.15, 0.2) is 11.5 Å². The summed E-state index contributed by atoms with van der Waals surface area (Å²) in [5.41, 5.74) is 3.42. The number of hydrogen-bond acceptors (Lipinski definition) is 4. The smallest absolute Gasteiger partial charge is 0.227 e. The lowest BCUT2D eigenvalue weighted by Crippen LogP contribution is -2.37. The zero-order valence-electron chi connectivity index (χ0n) is 18.1. The van der Waals surface area contributed by atoms with E-state index in [0.717, 1.165) is 54.9 Å². The van der Waals surface area contributed by atoms with Crippen LogP contribution in [0.2, 0.25) is 0 Å². The van der Waals surface area contributed by atoms with Gasteiger partial charge < -0.3 is 15.2 Å². The molecule has 1 aliphatic rings. The van der Waals surface area contributed by atoms with Crippen molar-refractivity contribution in [3.63, 3.8) is 0 Å². The number of halogens is 1. The van der Waals surface area contributed by atoms with Gasteiger partial charge in [-0.3, -0.25) is 9.69 Å². The molecule has 3 aromatic carbocycles. The van der Waals surface area contributed by atoms with E-state index in [1.807, 2.05) is 42.5 Å². The van der Waals surface area contributed by atoms with Crippen molar-refractivity contribution >= 4 is 11.6 Å². The molecule has 3 aromatic rings. The number of anilines is 1. The predicted molar refractivity (Wildman–Crippen MR) is 123 cm³/mol. The number of phenols is 1. The number of rotatable bonds is 6. The Labute approximate surface area is 187 Å². The summed E-state index contributed by atoms with van der Waals surface area (Å²) < 4.78 is 18.7. The Kier molecular flexibility index (Phi) is 6.71. The lowest BCUT2D eigenvalue weighted by Gasteiger charge is -2.31. The highest BCUT2D eigenvalue weighted by molar-refractivity contribution is 5.93. The molecule has 32 heavy (non-hydrogen) atoms. The number of amides is 1. The van der Waals surface area contributed by atoms with Crippen LogP contribution in [-0.2, 0) is 11.3 Å². The summed E-state index contributed by atoms with van der Waals surface area (Å²) in [7, 11) is 1.54. The fraction of sp³-hybridized carbons (Fsp3) is 0.269. The molecule has 1 fully saturated rings. The van der Waals surface area contributed by atoms with Crippen LogP contribution in [0.5, 0.6) is 11.5 Å². The molecule has 1 aliphatic heterocycles. The molecule has 166 valence electrons. The first-order valence-electron chi connectivity index (χ1n) is 10.8. The highest BCUT2D eigenvalue weighted by Gasteiger charge is 2.25. The minimum atomic E-state index is -0.283. The van der Waals surface area contributed by atoms with Gasteiger partial charge in [0, 0.05) is 18.2 Å². The molecule has 2 N–H and O–H groups in total. The summed E-state index contributed by atoms with van der Waals surface area (Å²) in [6.45, 7) is 2.40. The second-order valence-corrected chi connectivity index (χ2v) is 8.14. The van der Waals surface area contributed by atoms with Crippen molar-refractivity contribution in [3.05, 3.63) is 78.1 Å². The molecular formula is C26H27FN2O3. The number of methoxy groups -OCH3 is 1. The van der Waals surface area contributed by atoms with Crippen LogP contribution >= 0.6 is 0 Å². The highest BCUT2D eigenvalue weighted by Crippen LogP contribution is 2.28. The molecule has 5 nitrogen and oxygen atoms in total. The van der Waals surface area contributed by atoms with Crippen LogP contribution < -0.4 is 10.1 Å². The maximum Gasteiger partial charge on any atom is 0.227 e. The van der Waals surface area contributed by atoms with Crippen LogP contribution in [0.25, 0.3) is 11.1 Å². The number of nitrogens with one attached hydrogen (secondary N) is 1. The third-order valence-electron chi connectivity index (χ3n) is 5.90. The van der Waals surface area contributed by atoms with Gasteiger partial charge in [0.1, 0.15) is 5.82 Å². The number of carbonyl (C=O) groups is 1. The Morgan fingerprint density at radius 1 is 1.06 bits per heavy atom. The lowest BCUT2D eigenvalue weighted by atomic mass is 9.95. The maximum absolute atomic E-state index is 13.5. The molecule has 0 atom stereocenters. The van der Waals surface area contributed by atoms with Crippen LogP contribution in [0.15, 0.2) is 66.7 Å². The van der Waals surface area contributed by atoms with Gasteiger partial charge in [0.05, 0.1) is 7.11 Å². The number of piperidine rings is 1. The van der Waals surface area contributed by atoms with E-state index in [0.29, 0.717) is 5.75 Å². The summed E-state index contributed by atoms with van der Waals surface area (Å²) in [6.07, 6.45) is 1.56. The zero-order valence-corrected chi connectivity index (χ0v) is 18.1. The number of likely N-dealkylation sites (tertiary alicyclic amines) is 1. The molecule has 0 saturated carbocycles. The molecule has 0 bridgehead atoms. The Hall–Kier alpha value is -3.38. The van der Waals surface area contributed by atoms with Crippen molar-refractivity contribution < 1.29 is 19.0 Å². The molecule has 0 aliphatic carbocycles. The van der Waals surface area contributed by atoms with Gasteiger partial charge in [-0.2, -0.15) is 0 Å². The van der Waals surface area contributed by atoms with Gasteiger partial charge in [-0.1, -0.05) is 30.3 Å². The second-order valence-electron chi connectivity index (χ2n) is 8.14. The number of hydrogen-bond donors (Lipinski definition) is 2. The largest absolute Gasteiger partial charge is 0.504 e. The molecular weight excluding hydrogens is 407 g/mol. The third-order valence-corrected chi connectivity index (χ3v) is 5.90. The van der Waals surface area contributed by atoms with Gasteiger partial charge in [0.2, 0.25) is 5.91 Å². The summed E-state index contributed by atoms with van der Waals surface area (Å²) in [4.78, 5) is 15.1. The molecule has 0 unspecified atom stereocenters. The van der Waals surface area contributed by atoms with E-state index < -0.39 is 0 Å². The van der Waals surface area contributed by atoms with Crippen LogP contribution in [-0.4, -0.2) is 36.1 Å². The van der Waals surface area contributed by atoms with E-state index in [9.17, 15) is 14.3 Å². The minimum Gasteiger partial charge on any atom is -0.504 e. The summed E-state index contributed by atoms with van der Waals surface area (Å²) in [5.74, 6) is 0.297. The third kappa shape index (κ3) is 5.26. The Bertz CT molecular complexity index is 1090. The fourth-order valence-electron chi connectivity index (χ4n) is 4.12. The number of ether oxygens (including phenoxy) is 1. The SMILES string of the molecule is COc1cc(CN2CCC(C(=O)Nc3cccc(-c4cccc(F)c4)c3)CC2)ccc1O. The molecule has 1 heterocycles. The Morgan fingerprint density at radius 3 is 2.50 bits per heavy atom. The molecule has 1 saturated heterocycles. The van der Waals surface area contributed by atoms with Crippen LogP contribution in [0.3, 0.4) is 0 Å². The number of phenolic OH excluding ortho intramolecular Hbond substituents is 1. The van der Waals surface area contributed by atoms with Crippen molar-refractivity contribution in [2.45, 2.75) is 19.4 Å². The van der Waals surface area contributed by atoms with E-state index >= 15 is 0 Å². The molecule has 1 amide bonds. The van der Waals surface area contributed by atoms with Gasteiger partial charge in [-0.15, -0.1) is 0 Å². The normalized spacial score (nSPS) is 14.8. The van der Waals surface area contributed by atoms with Gasteiger partial charge in [-0.05, 0) is 79.0 Å². The molecule has 4 rings (SSSR count). The topological polar surface area (TPSA) is 61.8 Å². The summed E-state index contributed by atoms with van der Waals surface area (Å²) >= 11 is 0. The zero-order chi connectivity index (χ0) is 22.5. The molecule has 6 heteroatoms. The lowest BCUT2D eigenvalue weighted by molar-refractivity contribution is -0.121. The summed E-state index contributed by atoms with van der Waals surface area (Å²) in [6, 6.07) is 19.3. The summed E-state index contributed by atoms with van der Waals surface area (Å²) in [5, 5.41) is 12.8. The van der Waals surface area contributed by atoms with Crippen molar-refractivity contribution in [3.8, 4) is 22.6 Å². The van der Waals surface area contributed by atoms with E-state index in [-0.39, 0.29) is 23.4 Å². The number of aromatic hydroxyl groups is 1. The predicted octanol–water partition coefficient (Wildman–Crippen LogP) is 5.06. The molecule has 0 spiro atoms. The highest BCUT2D eigenvalue weighted by atomic mass is 19.1. The maximum atomic E-state index is 13.5. The number of nitrogens with zero attached hydrogens (tertiary/aromatic N) is 1. The first-order chi connectivity index (χ1) is 15.5. The van der Waals surface area contributed by atoms with Crippen molar-refractivity contribution in [1.29, 1.82) is 0 Å². The average Bonchev–Trinajstić information content (AvgIpc) is 2.81. The quantitative estimate of drug-likeness (QED) is 0.570. The van der Waals surface area contributed by atoms with Crippen LogP contribution in [0.1, 0.15) is 18.4 Å². The van der Waals surface area contributed by atoms with Gasteiger partial charge >= 0.3 is 0 Å². The van der Waals surface area contributed by atoms with Gasteiger partial charge in [0.25, 0.3) is 0 Å². The monoisotopic (exact) mass is 434 g/mol. The number of carbonyl (C=O) groups excluding carboxylic acids is 1. The number of benzene rings is 3. The fourth-order valence-corrected chi connectivity index (χ4v) is 4.12. The standard InChI is InChI=1S/C26H27FN2O3/c1-32-25-14-18(8-9-24(25)30)17-29-12-10-19(11-13-29)26(31)28-23-7-3-5-21(16-23)20-4-2-6-22(27)15-20/h2-9,14-16,19,30H,10-13,17H2,1H3,(H,28,31). The average molecular weight is 435 g/mol. The first-order valence-corrected chi connectivity index (χ1v) is 10.8. The second kappa shape index (κ2) is 9.83. The van der Waals surface area contributed by atoms with Crippen molar-refractivity contribution in [2.75, 3.05) is 25.5 Å².